The van der Waals surface area contributed by atoms with Gasteiger partial charge in [0.1, 0.15) is 22.6 Å². The molecule has 3 rings (SSSR count). The van der Waals surface area contributed by atoms with E-state index in [1.165, 1.54) is 12.1 Å². The molecule has 1 aromatic heterocycles. The van der Waals surface area contributed by atoms with Crippen LogP contribution in [0.25, 0.3) is 22.3 Å². The Morgan fingerprint density at radius 1 is 0.783 bits per heavy atom. The lowest BCUT2D eigenvalue weighted by atomic mass is 10.0. The van der Waals surface area contributed by atoms with E-state index in [4.69, 9.17) is 4.42 Å². The summed E-state index contributed by atoms with van der Waals surface area (Å²) in [7, 11) is 0. The predicted molar refractivity (Wildman–Crippen MR) is 85.3 cm³/mol. The summed E-state index contributed by atoms with van der Waals surface area (Å²) in [5.74, 6) is 0.821. The van der Waals surface area contributed by atoms with E-state index in [9.17, 15) is 15.3 Å². The van der Waals surface area contributed by atoms with Gasteiger partial charge in [-0.3, -0.25) is 0 Å². The van der Waals surface area contributed by atoms with E-state index in [1.807, 2.05) is 39.0 Å². The fraction of sp³-hybridized carbons (Fsp3) is 0.167. The summed E-state index contributed by atoms with van der Waals surface area (Å²) in [6.07, 6.45) is 0. The third-order valence-electron chi connectivity index (χ3n) is 3.80. The fourth-order valence-electron chi connectivity index (χ4n) is 2.72. The van der Waals surface area contributed by atoms with Crippen LogP contribution in [-0.4, -0.2) is 15.3 Å². The summed E-state index contributed by atoms with van der Waals surface area (Å²) < 4.78 is 5.84. The first-order chi connectivity index (χ1) is 10.4. The zero-order valence-corrected chi connectivity index (χ0v) is 13.8. The van der Waals surface area contributed by atoms with Crippen molar-refractivity contribution in [3.8, 4) is 28.6 Å². The molecule has 0 atom stereocenters. The van der Waals surface area contributed by atoms with Crippen molar-refractivity contribution in [1.29, 1.82) is 0 Å². The molecule has 2 aromatic carbocycles. The summed E-state index contributed by atoms with van der Waals surface area (Å²) >= 11 is 0. The van der Waals surface area contributed by atoms with E-state index in [0.29, 0.717) is 16.7 Å². The first-order valence-electron chi connectivity index (χ1n) is 6.97. The molecule has 0 aliphatic heterocycles. The number of hydrogen-bond acceptors (Lipinski definition) is 3. The second-order valence-corrected chi connectivity index (χ2v) is 5.59. The molecule has 0 radical (unpaired) electrons. The van der Waals surface area contributed by atoms with Crippen molar-refractivity contribution in [3.05, 3.63) is 47.0 Å². The number of halogens is 1. The number of hydrogen-bond donors (Lipinski definition) is 3. The molecule has 0 amide bonds. The highest BCUT2D eigenvalue weighted by atomic mass is 35.5. The molecule has 120 valence electrons. The van der Waals surface area contributed by atoms with Crippen LogP contribution in [0.1, 0.15) is 16.7 Å². The molecule has 0 bridgehead atoms. The van der Waals surface area contributed by atoms with Crippen molar-refractivity contribution < 1.29 is 32.1 Å². The topological polar surface area (TPSA) is 72.0 Å². The van der Waals surface area contributed by atoms with Crippen molar-refractivity contribution in [1.82, 2.24) is 0 Å². The number of rotatable bonds is 1. The summed E-state index contributed by atoms with van der Waals surface area (Å²) in [6, 6.07) is 8.29. The van der Waals surface area contributed by atoms with Gasteiger partial charge in [-0.05, 0) is 49.6 Å². The highest BCUT2D eigenvalue weighted by Gasteiger charge is 2.21. The van der Waals surface area contributed by atoms with Crippen LogP contribution in [0.3, 0.4) is 0 Å². The van der Waals surface area contributed by atoms with Gasteiger partial charge in [0.05, 0.1) is 11.6 Å². The van der Waals surface area contributed by atoms with Gasteiger partial charge in [0.25, 0.3) is 0 Å². The molecule has 1 heterocycles. The Hall–Kier alpha value is -2.46. The average Bonchev–Trinajstić information content (AvgIpc) is 2.42. The van der Waals surface area contributed by atoms with Gasteiger partial charge in [-0.25, -0.2) is 4.42 Å². The largest absolute Gasteiger partial charge is 1.00 e. The van der Waals surface area contributed by atoms with Crippen LogP contribution < -0.4 is 12.4 Å². The Kier molecular flexibility index (Phi) is 4.39. The van der Waals surface area contributed by atoms with E-state index in [-0.39, 0.29) is 29.7 Å². The normalized spacial score (nSPS) is 10.6. The minimum Gasteiger partial charge on any atom is -1.00 e. The van der Waals surface area contributed by atoms with Crippen LogP contribution in [0.4, 0.5) is 0 Å². The highest BCUT2D eigenvalue weighted by molar-refractivity contribution is 5.89. The van der Waals surface area contributed by atoms with Crippen LogP contribution in [0.15, 0.2) is 34.7 Å². The quantitative estimate of drug-likeness (QED) is 0.589. The number of fused-ring (bicyclic) bond motifs is 1. The number of aromatic hydroxyl groups is 3. The SMILES string of the molecule is Cc1cc(-c2cc(C)c3c(O)cc(O)cc3[o+]2)cc(C)c1O.[Cl-]. The summed E-state index contributed by atoms with van der Waals surface area (Å²) in [4.78, 5) is 0. The molecule has 0 saturated carbocycles. The van der Waals surface area contributed by atoms with Crippen molar-refractivity contribution in [2.24, 2.45) is 0 Å². The summed E-state index contributed by atoms with van der Waals surface area (Å²) in [5, 5.41) is 30.1. The van der Waals surface area contributed by atoms with Gasteiger partial charge in [-0.1, -0.05) is 0 Å². The third-order valence-corrected chi connectivity index (χ3v) is 3.80. The minimum absolute atomic E-state index is 0. The number of phenols is 3. The molecule has 0 fully saturated rings. The van der Waals surface area contributed by atoms with Gasteiger partial charge in [-0.2, -0.15) is 0 Å². The van der Waals surface area contributed by atoms with Gasteiger partial charge < -0.3 is 27.7 Å². The van der Waals surface area contributed by atoms with E-state index >= 15 is 0 Å². The molecule has 5 heteroatoms. The fourth-order valence-corrected chi connectivity index (χ4v) is 2.72. The monoisotopic (exact) mass is 332 g/mol. The molecule has 0 aliphatic rings. The maximum Gasteiger partial charge on any atom is 0.368 e. The Labute approximate surface area is 140 Å². The zero-order chi connectivity index (χ0) is 16.0. The second kappa shape index (κ2) is 5.97. The standard InChI is InChI=1S/C18H16O4.ClH/c1-9-6-15(12-4-10(2)18(21)11(3)5-12)22-16-8-13(19)7-14(20)17(9)16;/h4-8H,1-3H3,(H2-,19,20,21);1H. The molecule has 0 saturated heterocycles. The lowest BCUT2D eigenvalue weighted by molar-refractivity contribution is -0.00000819. The zero-order valence-electron chi connectivity index (χ0n) is 13.0. The highest BCUT2D eigenvalue weighted by Crippen LogP contribution is 2.37. The maximum absolute atomic E-state index is 9.97. The van der Waals surface area contributed by atoms with Crippen LogP contribution in [0, 0.1) is 20.8 Å². The number of aryl methyl sites for hydroxylation is 3. The molecular weight excluding hydrogens is 316 g/mol. The van der Waals surface area contributed by atoms with Crippen LogP contribution in [-0.2, 0) is 0 Å². The van der Waals surface area contributed by atoms with Crippen molar-refractivity contribution in [2.45, 2.75) is 20.8 Å². The van der Waals surface area contributed by atoms with E-state index in [2.05, 4.69) is 0 Å². The van der Waals surface area contributed by atoms with Gasteiger partial charge in [0.2, 0.25) is 0 Å². The average molecular weight is 333 g/mol. The Morgan fingerprint density at radius 2 is 1.39 bits per heavy atom. The van der Waals surface area contributed by atoms with Crippen molar-refractivity contribution in [3.63, 3.8) is 0 Å². The number of phenolic OH excluding ortho intramolecular Hbond substituents is 3. The van der Waals surface area contributed by atoms with Crippen molar-refractivity contribution in [2.75, 3.05) is 0 Å². The van der Waals surface area contributed by atoms with Crippen molar-refractivity contribution >= 4 is 11.0 Å². The van der Waals surface area contributed by atoms with Gasteiger partial charge >= 0.3 is 11.3 Å². The molecule has 3 N–H and O–H groups in total. The lowest BCUT2D eigenvalue weighted by Crippen LogP contribution is -3.00. The maximum atomic E-state index is 9.97. The van der Waals surface area contributed by atoms with E-state index < -0.39 is 0 Å². The molecule has 0 spiro atoms. The van der Waals surface area contributed by atoms with E-state index in [0.717, 1.165) is 22.3 Å². The molecule has 0 unspecified atom stereocenters. The molecular formula is C18H17ClO4. The van der Waals surface area contributed by atoms with Gasteiger partial charge in [0.15, 0.2) is 0 Å². The first-order valence-corrected chi connectivity index (χ1v) is 6.97. The third kappa shape index (κ3) is 2.90. The van der Waals surface area contributed by atoms with Gasteiger partial charge in [-0.15, -0.1) is 0 Å². The first kappa shape index (κ1) is 16.9. The Bertz CT molecular complexity index is 880. The molecule has 3 aromatic rings. The predicted octanol–water partition coefficient (Wildman–Crippen LogP) is 1.43. The van der Waals surface area contributed by atoms with Crippen LogP contribution in [0.5, 0.6) is 17.2 Å². The molecule has 0 aliphatic carbocycles. The summed E-state index contributed by atoms with van der Waals surface area (Å²) in [6.45, 7) is 5.53. The Morgan fingerprint density at radius 3 is 2.00 bits per heavy atom. The lowest BCUT2D eigenvalue weighted by Gasteiger charge is -2.05. The smallest absolute Gasteiger partial charge is 0.368 e. The van der Waals surface area contributed by atoms with Crippen LogP contribution >= 0.6 is 0 Å². The molecule has 4 nitrogen and oxygen atoms in total. The summed E-state index contributed by atoms with van der Waals surface area (Å²) in [5.41, 5.74) is 3.62. The van der Waals surface area contributed by atoms with Crippen LogP contribution in [0.2, 0.25) is 0 Å². The Balaban J connectivity index is 0.00000192. The minimum atomic E-state index is -0.0524. The molecule has 23 heavy (non-hydrogen) atoms. The second-order valence-electron chi connectivity index (χ2n) is 5.59. The van der Waals surface area contributed by atoms with E-state index in [1.54, 1.807) is 0 Å². The van der Waals surface area contributed by atoms with Gasteiger partial charge in [0, 0.05) is 12.1 Å². The number of benzene rings is 2.